The summed E-state index contributed by atoms with van der Waals surface area (Å²) in [7, 11) is 0. The molecule has 1 aromatic rings. The summed E-state index contributed by atoms with van der Waals surface area (Å²) in [6, 6.07) is -0.313. The van der Waals surface area contributed by atoms with Crippen molar-refractivity contribution in [2.24, 2.45) is 0 Å². The van der Waals surface area contributed by atoms with Gasteiger partial charge >= 0.3 is 0 Å². The van der Waals surface area contributed by atoms with Gasteiger partial charge in [0.1, 0.15) is 18.7 Å². The van der Waals surface area contributed by atoms with Crippen molar-refractivity contribution in [3.05, 3.63) is 12.7 Å². The van der Waals surface area contributed by atoms with Crippen LogP contribution in [0.4, 0.5) is 0 Å². The van der Waals surface area contributed by atoms with Crippen LogP contribution in [0, 0.1) is 0 Å². The highest BCUT2D eigenvalue weighted by molar-refractivity contribution is 5.80. The van der Waals surface area contributed by atoms with Gasteiger partial charge in [0.2, 0.25) is 5.91 Å². The molecule has 0 radical (unpaired) electrons. The Morgan fingerprint density at radius 1 is 1.37 bits per heavy atom. The third-order valence-electron chi connectivity index (χ3n) is 3.51. The summed E-state index contributed by atoms with van der Waals surface area (Å²) in [6.45, 7) is 5.91. The average molecular weight is 267 g/mol. The van der Waals surface area contributed by atoms with Crippen molar-refractivity contribution in [3.8, 4) is 0 Å². The number of nitrogens with zero attached hydrogens (tertiary/aromatic N) is 5. The van der Waals surface area contributed by atoms with Gasteiger partial charge in [-0.2, -0.15) is 5.10 Å². The first-order valence-electron chi connectivity index (χ1n) is 6.68. The average Bonchev–Trinajstić information content (AvgIpc) is 2.85. The molecule has 1 amide bonds. The smallest absolute Gasteiger partial charge is 0.247 e. The van der Waals surface area contributed by atoms with Crippen molar-refractivity contribution in [2.45, 2.75) is 19.4 Å². The van der Waals surface area contributed by atoms with E-state index in [1.807, 2.05) is 11.8 Å². The molecule has 1 saturated heterocycles. The maximum Gasteiger partial charge on any atom is 0.247 e. The topological polar surface area (TPSA) is 74.5 Å². The second-order valence-electron chi connectivity index (χ2n) is 4.80. The molecule has 1 N–H and O–H groups in total. The highest BCUT2D eigenvalue weighted by atomic mass is 16.3. The highest BCUT2D eigenvalue weighted by Gasteiger charge is 2.24. The molecule has 1 aliphatic rings. The van der Waals surface area contributed by atoms with Crippen molar-refractivity contribution in [1.29, 1.82) is 0 Å². The fourth-order valence-electron chi connectivity index (χ4n) is 2.35. The van der Waals surface area contributed by atoms with Gasteiger partial charge in [0.05, 0.1) is 6.61 Å². The molecule has 0 aliphatic carbocycles. The molecule has 1 aromatic heterocycles. The largest absolute Gasteiger partial charge is 0.395 e. The Bertz CT molecular complexity index is 395. The molecule has 2 rings (SSSR count). The van der Waals surface area contributed by atoms with E-state index in [-0.39, 0.29) is 18.6 Å². The van der Waals surface area contributed by atoms with Gasteiger partial charge in [0.15, 0.2) is 0 Å². The van der Waals surface area contributed by atoms with Crippen LogP contribution in [0.25, 0.3) is 0 Å². The quantitative estimate of drug-likeness (QED) is 0.786. The predicted molar refractivity (Wildman–Crippen MR) is 69.5 cm³/mol. The number of carbonyl (C=O) groups is 1. The van der Waals surface area contributed by atoms with Gasteiger partial charge in [-0.15, -0.1) is 0 Å². The fourth-order valence-corrected chi connectivity index (χ4v) is 2.35. The van der Waals surface area contributed by atoms with Gasteiger partial charge in [0.25, 0.3) is 0 Å². The maximum absolute atomic E-state index is 12.4. The second kappa shape index (κ2) is 6.63. The molecular weight excluding hydrogens is 246 g/mol. The van der Waals surface area contributed by atoms with E-state index in [9.17, 15) is 4.79 Å². The Hall–Kier alpha value is -1.47. The summed E-state index contributed by atoms with van der Waals surface area (Å²) in [4.78, 5) is 20.3. The molecule has 1 unspecified atom stereocenters. The zero-order valence-corrected chi connectivity index (χ0v) is 11.3. The normalized spacial score (nSPS) is 19.2. The van der Waals surface area contributed by atoms with E-state index < -0.39 is 0 Å². The minimum atomic E-state index is -0.313. The molecule has 1 fully saturated rings. The number of hydrogen-bond donors (Lipinski definition) is 1. The van der Waals surface area contributed by atoms with Gasteiger partial charge < -0.3 is 10.0 Å². The van der Waals surface area contributed by atoms with Crippen LogP contribution in [0.3, 0.4) is 0 Å². The first-order chi connectivity index (χ1) is 9.22. The molecule has 2 heterocycles. The minimum absolute atomic E-state index is 0.0800. The Balaban J connectivity index is 1.92. The lowest BCUT2D eigenvalue weighted by molar-refractivity contribution is -0.134. The van der Waals surface area contributed by atoms with E-state index in [1.54, 1.807) is 11.0 Å². The molecule has 0 saturated carbocycles. The van der Waals surface area contributed by atoms with Gasteiger partial charge in [-0.25, -0.2) is 9.67 Å². The standard InChI is InChI=1S/C12H21N5O2/c1-11(17-10-13-9-14-17)12(19)16-4-2-3-15(5-6-16)7-8-18/h9-11,18H,2-8H2,1H3. The number of aromatic nitrogens is 3. The van der Waals surface area contributed by atoms with Crippen LogP contribution in [0.5, 0.6) is 0 Å². The van der Waals surface area contributed by atoms with Crippen LogP contribution >= 0.6 is 0 Å². The highest BCUT2D eigenvalue weighted by Crippen LogP contribution is 2.11. The summed E-state index contributed by atoms with van der Waals surface area (Å²) >= 11 is 0. The van der Waals surface area contributed by atoms with E-state index in [1.165, 1.54) is 6.33 Å². The lowest BCUT2D eigenvalue weighted by Crippen LogP contribution is -2.39. The zero-order valence-electron chi connectivity index (χ0n) is 11.3. The van der Waals surface area contributed by atoms with Crippen LogP contribution < -0.4 is 0 Å². The molecular formula is C12H21N5O2. The summed E-state index contributed by atoms with van der Waals surface area (Å²) < 4.78 is 1.58. The molecule has 0 bridgehead atoms. The third-order valence-corrected chi connectivity index (χ3v) is 3.51. The third kappa shape index (κ3) is 3.51. The molecule has 1 atom stereocenters. The van der Waals surface area contributed by atoms with Crippen molar-refractivity contribution in [3.63, 3.8) is 0 Å². The second-order valence-corrected chi connectivity index (χ2v) is 4.80. The molecule has 0 spiro atoms. The molecule has 7 heteroatoms. The van der Waals surface area contributed by atoms with Crippen LogP contribution in [0.1, 0.15) is 19.4 Å². The lowest BCUT2D eigenvalue weighted by atomic mass is 10.2. The van der Waals surface area contributed by atoms with E-state index >= 15 is 0 Å². The molecule has 1 aliphatic heterocycles. The minimum Gasteiger partial charge on any atom is -0.395 e. The van der Waals surface area contributed by atoms with E-state index in [0.29, 0.717) is 13.1 Å². The zero-order chi connectivity index (χ0) is 13.7. The monoisotopic (exact) mass is 267 g/mol. The fraction of sp³-hybridized carbons (Fsp3) is 0.750. The summed E-state index contributed by atoms with van der Waals surface area (Å²) in [6.07, 6.45) is 3.95. The Labute approximate surface area is 112 Å². The SMILES string of the molecule is CC(C(=O)N1CCCN(CCO)CC1)n1cncn1. The van der Waals surface area contributed by atoms with Crippen LogP contribution in [0.2, 0.25) is 0 Å². The van der Waals surface area contributed by atoms with Crippen LogP contribution in [-0.2, 0) is 4.79 Å². The van der Waals surface area contributed by atoms with Crippen LogP contribution in [-0.4, -0.2) is 74.9 Å². The number of rotatable bonds is 4. The maximum atomic E-state index is 12.4. The van der Waals surface area contributed by atoms with Gasteiger partial charge in [-0.1, -0.05) is 0 Å². The van der Waals surface area contributed by atoms with Gasteiger partial charge in [-0.05, 0) is 19.9 Å². The van der Waals surface area contributed by atoms with E-state index in [4.69, 9.17) is 5.11 Å². The number of hydrogen-bond acceptors (Lipinski definition) is 5. The molecule has 0 aromatic carbocycles. The van der Waals surface area contributed by atoms with Crippen LogP contribution in [0.15, 0.2) is 12.7 Å². The predicted octanol–water partition coefficient (Wildman–Crippen LogP) is -0.634. The number of carbonyl (C=O) groups excluding carboxylic acids is 1. The molecule has 7 nitrogen and oxygen atoms in total. The van der Waals surface area contributed by atoms with Crippen molar-refractivity contribution >= 4 is 5.91 Å². The van der Waals surface area contributed by atoms with Crippen molar-refractivity contribution in [2.75, 3.05) is 39.3 Å². The number of aliphatic hydroxyl groups is 1. The Morgan fingerprint density at radius 2 is 2.21 bits per heavy atom. The Morgan fingerprint density at radius 3 is 2.89 bits per heavy atom. The van der Waals surface area contributed by atoms with Crippen molar-refractivity contribution in [1.82, 2.24) is 24.6 Å². The summed E-state index contributed by atoms with van der Waals surface area (Å²) in [5.41, 5.74) is 0. The van der Waals surface area contributed by atoms with E-state index in [2.05, 4.69) is 15.0 Å². The lowest BCUT2D eigenvalue weighted by Gasteiger charge is -2.24. The summed E-state index contributed by atoms with van der Waals surface area (Å²) in [5, 5.41) is 13.0. The summed E-state index contributed by atoms with van der Waals surface area (Å²) in [5.74, 6) is 0.0800. The van der Waals surface area contributed by atoms with Crippen molar-refractivity contribution < 1.29 is 9.90 Å². The Kier molecular flexibility index (Phi) is 4.86. The molecule has 106 valence electrons. The number of β-amino-alcohol motifs (C(OH)–C–C–N with tert-alkyl or cyclic N) is 1. The first-order valence-corrected chi connectivity index (χ1v) is 6.68. The first kappa shape index (κ1) is 14.0. The number of aliphatic hydroxyl groups excluding tert-OH is 1. The van der Waals surface area contributed by atoms with Gasteiger partial charge in [0, 0.05) is 26.2 Å². The van der Waals surface area contributed by atoms with E-state index in [0.717, 1.165) is 26.1 Å². The number of amides is 1. The molecule has 19 heavy (non-hydrogen) atoms. The van der Waals surface area contributed by atoms with Gasteiger partial charge in [-0.3, -0.25) is 9.69 Å².